The minimum atomic E-state index is -3.98. The molecule has 0 aliphatic heterocycles. The quantitative estimate of drug-likeness (QED) is 0.879. The topological polar surface area (TPSA) is 72.5 Å². The van der Waals surface area contributed by atoms with Crippen molar-refractivity contribution in [3.63, 3.8) is 0 Å². The molecule has 5 nitrogen and oxygen atoms in total. The van der Waals surface area contributed by atoms with Crippen LogP contribution in [0.15, 0.2) is 47.4 Å². The van der Waals surface area contributed by atoms with E-state index < -0.39 is 10.1 Å². The van der Waals surface area contributed by atoms with Crippen molar-refractivity contribution in [3.8, 4) is 5.75 Å². The van der Waals surface area contributed by atoms with E-state index in [9.17, 15) is 13.2 Å². The Kier molecular flexibility index (Phi) is 4.51. The van der Waals surface area contributed by atoms with Gasteiger partial charge in [-0.05, 0) is 43.2 Å². The maximum absolute atomic E-state index is 12.5. The molecule has 0 aromatic heterocycles. The van der Waals surface area contributed by atoms with Crippen molar-refractivity contribution in [2.45, 2.75) is 25.7 Å². The van der Waals surface area contributed by atoms with Crippen molar-refractivity contribution < 1.29 is 17.4 Å². The van der Waals surface area contributed by atoms with Crippen molar-refractivity contribution in [1.82, 2.24) is 0 Å². The molecule has 2 rings (SSSR count). The Morgan fingerprint density at radius 1 is 1.05 bits per heavy atom. The summed E-state index contributed by atoms with van der Waals surface area (Å²) < 4.78 is 30.2. The van der Waals surface area contributed by atoms with Crippen LogP contribution in [0, 0.1) is 13.8 Å². The Labute approximate surface area is 130 Å². The van der Waals surface area contributed by atoms with Gasteiger partial charge in [-0.3, -0.25) is 4.79 Å². The predicted octanol–water partition coefficient (Wildman–Crippen LogP) is 3.03. The number of rotatable bonds is 4. The number of hydrogen-bond donors (Lipinski definition) is 1. The van der Waals surface area contributed by atoms with E-state index in [1.54, 1.807) is 50.2 Å². The zero-order valence-electron chi connectivity index (χ0n) is 12.6. The Hall–Kier alpha value is -2.34. The van der Waals surface area contributed by atoms with E-state index in [0.29, 0.717) is 11.3 Å². The van der Waals surface area contributed by atoms with E-state index in [1.807, 2.05) is 0 Å². The molecule has 0 radical (unpaired) electrons. The van der Waals surface area contributed by atoms with Gasteiger partial charge in [0.25, 0.3) is 0 Å². The molecule has 0 aliphatic rings. The molecule has 2 aromatic rings. The minimum Gasteiger partial charge on any atom is -0.379 e. The lowest BCUT2D eigenvalue weighted by Crippen LogP contribution is -2.13. The van der Waals surface area contributed by atoms with Crippen LogP contribution in [0.3, 0.4) is 0 Å². The first kappa shape index (κ1) is 16.0. The molecular formula is C16H17NO4S. The standard InChI is InChI=1S/C16H17NO4S/c1-11-6-4-5-7-15(11)21-22(19,20)16-10-14(17-13(3)18)9-8-12(16)2/h4-10H,1-3H3,(H,17,18). The third kappa shape index (κ3) is 3.65. The molecule has 2 aromatic carbocycles. The smallest absolute Gasteiger partial charge is 0.339 e. The Morgan fingerprint density at radius 3 is 2.36 bits per heavy atom. The lowest BCUT2D eigenvalue weighted by molar-refractivity contribution is -0.114. The highest BCUT2D eigenvalue weighted by Crippen LogP contribution is 2.26. The maximum Gasteiger partial charge on any atom is 0.339 e. The summed E-state index contributed by atoms with van der Waals surface area (Å²) in [7, 11) is -3.98. The van der Waals surface area contributed by atoms with Gasteiger partial charge in [0, 0.05) is 12.6 Å². The number of carbonyl (C=O) groups excluding carboxylic acids is 1. The first-order chi connectivity index (χ1) is 10.3. The van der Waals surface area contributed by atoms with E-state index in [0.717, 1.165) is 5.56 Å². The Balaban J connectivity index is 2.41. The summed E-state index contributed by atoms with van der Waals surface area (Å²) >= 11 is 0. The second-order valence-electron chi connectivity index (χ2n) is 4.96. The van der Waals surface area contributed by atoms with Crippen molar-refractivity contribution in [3.05, 3.63) is 53.6 Å². The van der Waals surface area contributed by atoms with Crippen molar-refractivity contribution in [1.29, 1.82) is 0 Å². The number of amides is 1. The highest BCUT2D eigenvalue weighted by molar-refractivity contribution is 7.87. The van der Waals surface area contributed by atoms with Crippen LogP contribution in [0.1, 0.15) is 18.1 Å². The number of benzene rings is 2. The van der Waals surface area contributed by atoms with Gasteiger partial charge in [-0.15, -0.1) is 0 Å². The van der Waals surface area contributed by atoms with Gasteiger partial charge in [-0.2, -0.15) is 8.42 Å². The van der Waals surface area contributed by atoms with E-state index in [1.165, 1.54) is 13.0 Å². The summed E-state index contributed by atoms with van der Waals surface area (Å²) in [4.78, 5) is 11.1. The molecule has 116 valence electrons. The number of carbonyl (C=O) groups is 1. The summed E-state index contributed by atoms with van der Waals surface area (Å²) in [6.07, 6.45) is 0. The first-order valence-corrected chi connectivity index (χ1v) is 8.09. The molecular weight excluding hydrogens is 302 g/mol. The third-order valence-corrected chi connectivity index (χ3v) is 4.45. The number of aryl methyl sites for hydroxylation is 2. The lowest BCUT2D eigenvalue weighted by atomic mass is 10.2. The minimum absolute atomic E-state index is 0.0296. The van der Waals surface area contributed by atoms with Gasteiger partial charge in [0.15, 0.2) is 0 Å². The van der Waals surface area contributed by atoms with Gasteiger partial charge in [-0.25, -0.2) is 0 Å². The highest BCUT2D eigenvalue weighted by Gasteiger charge is 2.21. The molecule has 0 unspecified atom stereocenters. The van der Waals surface area contributed by atoms with Gasteiger partial charge in [0.1, 0.15) is 10.6 Å². The molecule has 0 saturated heterocycles. The van der Waals surface area contributed by atoms with Gasteiger partial charge in [0.05, 0.1) is 0 Å². The van der Waals surface area contributed by atoms with Crippen LogP contribution >= 0.6 is 0 Å². The molecule has 0 aliphatic carbocycles. The molecule has 1 amide bonds. The fourth-order valence-electron chi connectivity index (χ4n) is 1.96. The summed E-state index contributed by atoms with van der Waals surface area (Å²) in [5.41, 5.74) is 1.68. The van der Waals surface area contributed by atoms with Gasteiger partial charge in [0.2, 0.25) is 5.91 Å². The van der Waals surface area contributed by atoms with Gasteiger partial charge >= 0.3 is 10.1 Å². The highest BCUT2D eigenvalue weighted by atomic mass is 32.2. The summed E-state index contributed by atoms with van der Waals surface area (Å²) in [5, 5.41) is 2.56. The van der Waals surface area contributed by atoms with E-state index in [2.05, 4.69) is 5.32 Å². The fourth-order valence-corrected chi connectivity index (χ4v) is 3.21. The van der Waals surface area contributed by atoms with E-state index in [-0.39, 0.29) is 16.6 Å². The molecule has 0 bridgehead atoms. The zero-order valence-corrected chi connectivity index (χ0v) is 13.4. The second-order valence-corrected chi connectivity index (χ2v) is 6.48. The average Bonchev–Trinajstić information content (AvgIpc) is 2.42. The van der Waals surface area contributed by atoms with E-state index >= 15 is 0 Å². The number of anilines is 1. The Bertz CT molecular complexity index is 813. The normalized spacial score (nSPS) is 11.0. The van der Waals surface area contributed by atoms with Crippen LogP contribution < -0.4 is 9.50 Å². The fraction of sp³-hybridized carbons (Fsp3) is 0.188. The molecule has 1 N–H and O–H groups in total. The van der Waals surface area contributed by atoms with Gasteiger partial charge < -0.3 is 9.50 Å². The molecule has 6 heteroatoms. The molecule has 0 saturated carbocycles. The van der Waals surface area contributed by atoms with Crippen molar-refractivity contribution >= 4 is 21.7 Å². The molecule has 22 heavy (non-hydrogen) atoms. The van der Waals surface area contributed by atoms with Crippen LogP contribution in [-0.4, -0.2) is 14.3 Å². The van der Waals surface area contributed by atoms with Crippen molar-refractivity contribution in [2.75, 3.05) is 5.32 Å². The molecule has 0 atom stereocenters. The molecule has 0 spiro atoms. The number of nitrogens with one attached hydrogen (secondary N) is 1. The van der Waals surface area contributed by atoms with Crippen LogP contribution in [0.25, 0.3) is 0 Å². The predicted molar refractivity (Wildman–Crippen MR) is 84.5 cm³/mol. The first-order valence-electron chi connectivity index (χ1n) is 6.68. The van der Waals surface area contributed by atoms with Crippen LogP contribution in [0.2, 0.25) is 0 Å². The largest absolute Gasteiger partial charge is 0.379 e. The van der Waals surface area contributed by atoms with Crippen LogP contribution in [0.5, 0.6) is 5.75 Å². The Morgan fingerprint density at radius 2 is 1.73 bits per heavy atom. The van der Waals surface area contributed by atoms with Crippen LogP contribution in [-0.2, 0) is 14.9 Å². The summed E-state index contributed by atoms with van der Waals surface area (Å²) in [6, 6.07) is 11.5. The van der Waals surface area contributed by atoms with Gasteiger partial charge in [-0.1, -0.05) is 24.3 Å². The van der Waals surface area contributed by atoms with Crippen LogP contribution in [0.4, 0.5) is 5.69 Å². The summed E-state index contributed by atoms with van der Waals surface area (Å²) in [5.74, 6) is 0.0128. The molecule has 0 heterocycles. The molecule has 0 fully saturated rings. The average molecular weight is 319 g/mol. The SMILES string of the molecule is CC(=O)Nc1ccc(C)c(S(=O)(=O)Oc2ccccc2C)c1. The second kappa shape index (κ2) is 6.19. The number of para-hydroxylation sites is 1. The maximum atomic E-state index is 12.5. The lowest BCUT2D eigenvalue weighted by Gasteiger charge is -2.12. The summed E-state index contributed by atoms with van der Waals surface area (Å²) in [6.45, 7) is 4.80. The monoisotopic (exact) mass is 319 g/mol. The third-order valence-electron chi connectivity index (χ3n) is 3.07. The zero-order chi connectivity index (χ0) is 16.3. The van der Waals surface area contributed by atoms with E-state index in [4.69, 9.17) is 4.18 Å². The van der Waals surface area contributed by atoms with Crippen molar-refractivity contribution in [2.24, 2.45) is 0 Å². The number of hydrogen-bond acceptors (Lipinski definition) is 4.